The zero-order chi connectivity index (χ0) is 7.68. The molecular formula is C7H8N2OS. The summed E-state index contributed by atoms with van der Waals surface area (Å²) in [6.45, 7) is 0.780. The van der Waals surface area contributed by atoms with Crippen LogP contribution in [-0.4, -0.2) is 17.4 Å². The fourth-order valence-corrected chi connectivity index (χ4v) is 1.97. The summed E-state index contributed by atoms with van der Waals surface area (Å²) in [5, 5.41) is 2.79. The minimum Gasteiger partial charge on any atom is -0.351 e. The van der Waals surface area contributed by atoms with E-state index in [9.17, 15) is 4.79 Å². The van der Waals surface area contributed by atoms with E-state index < -0.39 is 0 Å². The maximum absolute atomic E-state index is 11.2. The maximum atomic E-state index is 11.2. The van der Waals surface area contributed by atoms with Gasteiger partial charge in [0.05, 0.1) is 5.51 Å². The van der Waals surface area contributed by atoms with Crippen LogP contribution < -0.4 is 5.32 Å². The SMILES string of the molecule is O=C1NCCCc2scnc21. The highest BCUT2D eigenvalue weighted by atomic mass is 32.1. The minimum absolute atomic E-state index is 0.0150. The van der Waals surface area contributed by atoms with Crippen LogP contribution in [0.15, 0.2) is 5.51 Å². The number of hydrogen-bond donors (Lipinski definition) is 1. The number of amides is 1. The van der Waals surface area contributed by atoms with Crippen LogP contribution in [-0.2, 0) is 6.42 Å². The van der Waals surface area contributed by atoms with Gasteiger partial charge in [-0.2, -0.15) is 0 Å². The van der Waals surface area contributed by atoms with Crippen LogP contribution in [0, 0.1) is 0 Å². The quantitative estimate of drug-likeness (QED) is 0.623. The van der Waals surface area contributed by atoms with E-state index in [1.807, 2.05) is 0 Å². The van der Waals surface area contributed by atoms with Crippen molar-refractivity contribution in [3.05, 3.63) is 16.1 Å². The molecule has 0 aliphatic carbocycles. The molecule has 1 N–H and O–H groups in total. The van der Waals surface area contributed by atoms with E-state index in [1.54, 1.807) is 16.8 Å². The maximum Gasteiger partial charge on any atom is 0.271 e. The molecule has 2 heterocycles. The molecule has 0 radical (unpaired) electrons. The highest BCUT2D eigenvalue weighted by Gasteiger charge is 2.16. The Bertz CT molecular complexity index is 282. The van der Waals surface area contributed by atoms with Crippen molar-refractivity contribution in [3.63, 3.8) is 0 Å². The summed E-state index contributed by atoms with van der Waals surface area (Å²) in [5.74, 6) is -0.0150. The molecule has 0 spiro atoms. The Morgan fingerprint density at radius 1 is 1.64 bits per heavy atom. The van der Waals surface area contributed by atoms with Crippen molar-refractivity contribution in [2.45, 2.75) is 12.8 Å². The van der Waals surface area contributed by atoms with Gasteiger partial charge in [0.2, 0.25) is 0 Å². The van der Waals surface area contributed by atoms with Crippen LogP contribution in [0.5, 0.6) is 0 Å². The van der Waals surface area contributed by atoms with Gasteiger partial charge in [0.1, 0.15) is 5.69 Å². The average molecular weight is 168 g/mol. The van der Waals surface area contributed by atoms with Gasteiger partial charge in [0, 0.05) is 11.4 Å². The number of nitrogens with zero attached hydrogens (tertiary/aromatic N) is 1. The lowest BCUT2D eigenvalue weighted by Gasteiger charge is -1.94. The Hall–Kier alpha value is -0.900. The Morgan fingerprint density at radius 3 is 3.45 bits per heavy atom. The van der Waals surface area contributed by atoms with Crippen LogP contribution in [0.3, 0.4) is 0 Å². The fourth-order valence-electron chi connectivity index (χ4n) is 1.17. The molecule has 11 heavy (non-hydrogen) atoms. The van der Waals surface area contributed by atoms with Gasteiger partial charge in [0.15, 0.2) is 0 Å². The Kier molecular flexibility index (Phi) is 1.62. The Labute approximate surface area is 68.5 Å². The molecule has 0 saturated carbocycles. The van der Waals surface area contributed by atoms with Gasteiger partial charge in [-0.05, 0) is 12.8 Å². The molecule has 0 unspecified atom stereocenters. The Morgan fingerprint density at radius 2 is 2.55 bits per heavy atom. The minimum atomic E-state index is -0.0150. The number of carbonyl (C=O) groups excluding carboxylic acids is 1. The van der Waals surface area contributed by atoms with Crippen LogP contribution in [0.2, 0.25) is 0 Å². The monoisotopic (exact) mass is 168 g/mol. The summed E-state index contributed by atoms with van der Waals surface area (Å²) < 4.78 is 0. The van der Waals surface area contributed by atoms with Crippen molar-refractivity contribution in [2.24, 2.45) is 0 Å². The summed E-state index contributed by atoms with van der Waals surface area (Å²) in [4.78, 5) is 16.3. The van der Waals surface area contributed by atoms with Crippen molar-refractivity contribution >= 4 is 17.2 Å². The number of aryl methyl sites for hydroxylation is 1. The van der Waals surface area contributed by atoms with E-state index in [0.29, 0.717) is 5.69 Å². The van der Waals surface area contributed by atoms with E-state index in [4.69, 9.17) is 0 Å². The van der Waals surface area contributed by atoms with Gasteiger partial charge in [0.25, 0.3) is 5.91 Å². The molecule has 1 aliphatic heterocycles. The molecule has 58 valence electrons. The number of aromatic nitrogens is 1. The zero-order valence-corrected chi connectivity index (χ0v) is 6.78. The van der Waals surface area contributed by atoms with Crippen molar-refractivity contribution in [1.29, 1.82) is 0 Å². The van der Waals surface area contributed by atoms with Crippen molar-refractivity contribution in [1.82, 2.24) is 10.3 Å². The van der Waals surface area contributed by atoms with Crippen molar-refractivity contribution in [2.75, 3.05) is 6.54 Å². The third-order valence-electron chi connectivity index (χ3n) is 1.72. The van der Waals surface area contributed by atoms with Gasteiger partial charge >= 0.3 is 0 Å². The van der Waals surface area contributed by atoms with Gasteiger partial charge in [-0.1, -0.05) is 0 Å². The molecule has 2 rings (SSSR count). The van der Waals surface area contributed by atoms with E-state index in [0.717, 1.165) is 24.3 Å². The standard InChI is InChI=1S/C7H8N2OS/c10-7-6-5(11-4-9-6)2-1-3-8-7/h4H,1-3H2,(H,8,10). The third-order valence-corrected chi connectivity index (χ3v) is 2.61. The first-order chi connectivity index (χ1) is 5.38. The number of rotatable bonds is 0. The highest BCUT2D eigenvalue weighted by Crippen LogP contribution is 2.16. The van der Waals surface area contributed by atoms with E-state index in [-0.39, 0.29) is 5.91 Å². The molecule has 1 aliphatic rings. The lowest BCUT2D eigenvalue weighted by molar-refractivity contribution is 0.0952. The molecule has 0 bridgehead atoms. The van der Waals surface area contributed by atoms with Gasteiger partial charge in [-0.25, -0.2) is 4.98 Å². The molecule has 0 saturated heterocycles. The second-order valence-corrected chi connectivity index (χ2v) is 3.42. The van der Waals surface area contributed by atoms with Crippen LogP contribution >= 0.6 is 11.3 Å². The summed E-state index contributed by atoms with van der Waals surface area (Å²) in [6, 6.07) is 0. The lowest BCUT2D eigenvalue weighted by Crippen LogP contribution is -2.22. The van der Waals surface area contributed by atoms with Crippen LogP contribution in [0.4, 0.5) is 0 Å². The fraction of sp³-hybridized carbons (Fsp3) is 0.429. The molecule has 4 heteroatoms. The Balaban J connectivity index is 2.41. The molecule has 1 aromatic heterocycles. The third kappa shape index (κ3) is 1.14. The molecular weight excluding hydrogens is 160 g/mol. The van der Waals surface area contributed by atoms with Gasteiger partial charge < -0.3 is 5.32 Å². The molecule has 0 atom stereocenters. The second-order valence-electron chi connectivity index (χ2n) is 2.48. The number of nitrogens with one attached hydrogen (secondary N) is 1. The number of hydrogen-bond acceptors (Lipinski definition) is 3. The predicted octanol–water partition coefficient (Wildman–Crippen LogP) is 0.819. The normalized spacial score (nSPS) is 16.9. The first kappa shape index (κ1) is 6.79. The van der Waals surface area contributed by atoms with Gasteiger partial charge in [-0.3, -0.25) is 4.79 Å². The van der Waals surface area contributed by atoms with Crippen molar-refractivity contribution < 1.29 is 4.79 Å². The molecule has 1 aromatic rings. The summed E-state index contributed by atoms with van der Waals surface area (Å²) >= 11 is 1.57. The number of carbonyl (C=O) groups is 1. The largest absolute Gasteiger partial charge is 0.351 e. The van der Waals surface area contributed by atoms with Crippen LogP contribution in [0.25, 0.3) is 0 Å². The van der Waals surface area contributed by atoms with E-state index in [2.05, 4.69) is 10.3 Å². The zero-order valence-electron chi connectivity index (χ0n) is 5.96. The molecule has 0 fully saturated rings. The second kappa shape index (κ2) is 2.62. The van der Waals surface area contributed by atoms with Gasteiger partial charge in [-0.15, -0.1) is 11.3 Å². The first-order valence-electron chi connectivity index (χ1n) is 3.58. The van der Waals surface area contributed by atoms with Crippen LogP contribution in [0.1, 0.15) is 21.8 Å². The number of fused-ring (bicyclic) bond motifs is 1. The molecule has 3 nitrogen and oxygen atoms in total. The number of thiazole rings is 1. The summed E-state index contributed by atoms with van der Waals surface area (Å²) in [6.07, 6.45) is 2.01. The topological polar surface area (TPSA) is 42.0 Å². The summed E-state index contributed by atoms with van der Waals surface area (Å²) in [7, 11) is 0. The predicted molar refractivity (Wildman–Crippen MR) is 42.8 cm³/mol. The lowest BCUT2D eigenvalue weighted by atomic mass is 10.2. The first-order valence-corrected chi connectivity index (χ1v) is 4.46. The molecule has 0 aromatic carbocycles. The highest BCUT2D eigenvalue weighted by molar-refractivity contribution is 7.09. The average Bonchev–Trinajstić information content (AvgIpc) is 2.40. The van der Waals surface area contributed by atoms with E-state index in [1.165, 1.54) is 0 Å². The van der Waals surface area contributed by atoms with E-state index >= 15 is 0 Å². The molecule has 1 amide bonds. The summed E-state index contributed by atoms with van der Waals surface area (Å²) in [5.41, 5.74) is 2.36. The van der Waals surface area contributed by atoms with Crippen molar-refractivity contribution in [3.8, 4) is 0 Å². The smallest absolute Gasteiger partial charge is 0.271 e.